The third-order valence-electron chi connectivity index (χ3n) is 3.26. The molecule has 0 bridgehead atoms. The van der Waals surface area contributed by atoms with Crippen molar-refractivity contribution in [3.8, 4) is 0 Å². The van der Waals surface area contributed by atoms with Crippen molar-refractivity contribution in [1.29, 1.82) is 0 Å². The third kappa shape index (κ3) is 3.12. The van der Waals surface area contributed by atoms with Crippen LogP contribution in [0.3, 0.4) is 0 Å². The van der Waals surface area contributed by atoms with E-state index < -0.39 is 10.0 Å². The minimum atomic E-state index is -3.96. The average molecular weight is 319 g/mol. The van der Waals surface area contributed by atoms with Crippen LogP contribution in [0.1, 0.15) is 16.8 Å². The van der Waals surface area contributed by atoms with Crippen LogP contribution in [0.2, 0.25) is 5.02 Å². The minimum Gasteiger partial charge on any atom is -0.379 e. The van der Waals surface area contributed by atoms with Crippen LogP contribution in [-0.4, -0.2) is 45.5 Å². The normalized spacial score (nSPS) is 19.1. The molecular weight excluding hydrogens is 304 g/mol. The molecule has 1 aliphatic rings. The molecule has 2 rings (SSSR count). The second-order valence-corrected chi connectivity index (χ2v) is 6.56. The van der Waals surface area contributed by atoms with Gasteiger partial charge in [0, 0.05) is 19.2 Å². The standard InChI is InChI=1S/C12H15ClN2O4S/c1-15(9-4-5-19-7-9)12(16)8-2-3-10(13)11(6-8)20(14,17)18/h2-3,6,9H,4-5,7H2,1H3,(H2,14,17,18). The van der Waals surface area contributed by atoms with Crippen LogP contribution >= 0.6 is 11.6 Å². The second kappa shape index (κ2) is 5.69. The topological polar surface area (TPSA) is 89.7 Å². The van der Waals surface area contributed by atoms with Crippen molar-refractivity contribution in [1.82, 2.24) is 4.90 Å². The summed E-state index contributed by atoms with van der Waals surface area (Å²) in [5.74, 6) is -0.290. The van der Waals surface area contributed by atoms with E-state index >= 15 is 0 Å². The van der Waals surface area contributed by atoms with Crippen LogP contribution in [0.4, 0.5) is 0 Å². The Morgan fingerprint density at radius 2 is 2.20 bits per heavy atom. The summed E-state index contributed by atoms with van der Waals surface area (Å²) in [7, 11) is -2.30. The van der Waals surface area contributed by atoms with Crippen molar-refractivity contribution in [3.63, 3.8) is 0 Å². The van der Waals surface area contributed by atoms with Crippen molar-refractivity contribution >= 4 is 27.5 Å². The molecule has 0 saturated carbocycles. The molecule has 0 radical (unpaired) electrons. The molecule has 110 valence electrons. The molecule has 0 aromatic heterocycles. The maximum absolute atomic E-state index is 12.3. The number of rotatable bonds is 3. The lowest BCUT2D eigenvalue weighted by Crippen LogP contribution is -2.37. The maximum atomic E-state index is 12.3. The van der Waals surface area contributed by atoms with Gasteiger partial charge in [0.2, 0.25) is 10.0 Å². The van der Waals surface area contributed by atoms with Crippen LogP contribution in [0.25, 0.3) is 0 Å². The third-order valence-corrected chi connectivity index (χ3v) is 4.65. The van der Waals surface area contributed by atoms with Gasteiger partial charge >= 0.3 is 0 Å². The Morgan fingerprint density at radius 1 is 1.50 bits per heavy atom. The minimum absolute atomic E-state index is 0.00360. The van der Waals surface area contributed by atoms with E-state index in [2.05, 4.69) is 0 Å². The first-order chi connectivity index (χ1) is 9.30. The van der Waals surface area contributed by atoms with Gasteiger partial charge in [0.05, 0.1) is 17.7 Å². The summed E-state index contributed by atoms with van der Waals surface area (Å²) in [4.78, 5) is 13.6. The van der Waals surface area contributed by atoms with E-state index in [9.17, 15) is 13.2 Å². The van der Waals surface area contributed by atoms with E-state index in [0.29, 0.717) is 13.2 Å². The Kier molecular flexibility index (Phi) is 4.33. The molecule has 0 aliphatic carbocycles. The summed E-state index contributed by atoms with van der Waals surface area (Å²) in [5, 5.41) is 5.06. The van der Waals surface area contributed by atoms with E-state index in [1.807, 2.05) is 0 Å². The lowest BCUT2D eigenvalue weighted by molar-refractivity contribution is 0.0711. The summed E-state index contributed by atoms with van der Waals surface area (Å²) >= 11 is 5.79. The number of benzene rings is 1. The molecular formula is C12H15ClN2O4S. The fourth-order valence-electron chi connectivity index (χ4n) is 2.05. The number of carbonyl (C=O) groups is 1. The molecule has 1 aliphatic heterocycles. The van der Waals surface area contributed by atoms with Crippen LogP contribution in [0.15, 0.2) is 23.1 Å². The molecule has 1 amide bonds. The Balaban J connectivity index is 2.31. The fourth-order valence-corrected chi connectivity index (χ4v) is 3.12. The molecule has 8 heteroatoms. The first-order valence-electron chi connectivity index (χ1n) is 5.98. The highest BCUT2D eigenvalue weighted by Gasteiger charge is 2.26. The van der Waals surface area contributed by atoms with Gasteiger partial charge in [-0.2, -0.15) is 0 Å². The highest BCUT2D eigenvalue weighted by molar-refractivity contribution is 7.89. The lowest BCUT2D eigenvalue weighted by atomic mass is 10.1. The molecule has 20 heavy (non-hydrogen) atoms. The van der Waals surface area contributed by atoms with Crippen molar-refractivity contribution < 1.29 is 17.9 Å². The quantitative estimate of drug-likeness (QED) is 0.894. The molecule has 1 saturated heterocycles. The van der Waals surface area contributed by atoms with Gasteiger partial charge in [-0.1, -0.05) is 11.6 Å². The fraction of sp³-hybridized carbons (Fsp3) is 0.417. The SMILES string of the molecule is CN(C(=O)c1ccc(Cl)c(S(N)(=O)=O)c1)C1CCOC1. The van der Waals surface area contributed by atoms with Crippen LogP contribution in [0, 0.1) is 0 Å². The second-order valence-electron chi connectivity index (χ2n) is 4.62. The number of nitrogens with two attached hydrogens (primary N) is 1. The number of likely N-dealkylation sites (N-methyl/N-ethyl adjacent to an activating group) is 1. The van der Waals surface area contributed by atoms with E-state index in [-0.39, 0.29) is 27.4 Å². The Labute approximate surface area is 122 Å². The number of amides is 1. The number of hydrogen-bond donors (Lipinski definition) is 1. The van der Waals surface area contributed by atoms with Gasteiger partial charge in [-0.3, -0.25) is 4.79 Å². The van der Waals surface area contributed by atoms with Gasteiger partial charge in [-0.15, -0.1) is 0 Å². The Bertz CT molecular complexity index is 626. The summed E-state index contributed by atoms with van der Waals surface area (Å²) in [6, 6.07) is 4.03. The molecule has 1 aromatic rings. The molecule has 1 unspecified atom stereocenters. The summed E-state index contributed by atoms with van der Waals surface area (Å²) in [6.07, 6.45) is 0.762. The zero-order valence-electron chi connectivity index (χ0n) is 10.9. The van der Waals surface area contributed by atoms with Crippen molar-refractivity contribution in [2.45, 2.75) is 17.4 Å². The van der Waals surface area contributed by atoms with Crippen LogP contribution < -0.4 is 5.14 Å². The molecule has 1 heterocycles. The van der Waals surface area contributed by atoms with Crippen molar-refractivity contribution in [2.24, 2.45) is 5.14 Å². The number of ether oxygens (including phenoxy) is 1. The number of halogens is 1. The highest BCUT2D eigenvalue weighted by atomic mass is 35.5. The molecule has 1 aromatic carbocycles. The van der Waals surface area contributed by atoms with Gasteiger partial charge in [-0.05, 0) is 24.6 Å². The zero-order chi connectivity index (χ0) is 14.9. The first-order valence-corrected chi connectivity index (χ1v) is 7.90. The monoisotopic (exact) mass is 318 g/mol. The average Bonchev–Trinajstić information content (AvgIpc) is 2.90. The molecule has 2 N–H and O–H groups in total. The molecule has 0 spiro atoms. The first kappa shape index (κ1) is 15.2. The summed E-state index contributed by atoms with van der Waals surface area (Å²) in [5.41, 5.74) is 0.229. The van der Waals surface area contributed by atoms with Gasteiger partial charge in [0.1, 0.15) is 4.90 Å². The van der Waals surface area contributed by atoms with Crippen molar-refractivity contribution in [3.05, 3.63) is 28.8 Å². The van der Waals surface area contributed by atoms with E-state index in [1.165, 1.54) is 18.2 Å². The maximum Gasteiger partial charge on any atom is 0.253 e. The number of primary sulfonamides is 1. The number of carbonyl (C=O) groups excluding carboxylic acids is 1. The highest BCUT2D eigenvalue weighted by Crippen LogP contribution is 2.23. The van der Waals surface area contributed by atoms with E-state index in [4.69, 9.17) is 21.5 Å². The summed E-state index contributed by atoms with van der Waals surface area (Å²) < 4.78 is 28.0. The number of hydrogen-bond acceptors (Lipinski definition) is 4. The predicted molar refractivity (Wildman–Crippen MR) is 74.1 cm³/mol. The molecule has 1 fully saturated rings. The van der Waals surface area contributed by atoms with Gasteiger partial charge in [0.25, 0.3) is 5.91 Å². The predicted octanol–water partition coefficient (Wildman–Crippen LogP) is 0.848. The smallest absolute Gasteiger partial charge is 0.253 e. The van der Waals surface area contributed by atoms with E-state index in [0.717, 1.165) is 6.42 Å². The summed E-state index contributed by atoms with van der Waals surface area (Å²) in [6.45, 7) is 1.10. The Hall–Kier alpha value is -1.15. The lowest BCUT2D eigenvalue weighted by Gasteiger charge is -2.23. The van der Waals surface area contributed by atoms with Crippen molar-refractivity contribution in [2.75, 3.05) is 20.3 Å². The van der Waals surface area contributed by atoms with E-state index in [1.54, 1.807) is 11.9 Å². The zero-order valence-corrected chi connectivity index (χ0v) is 12.4. The van der Waals surface area contributed by atoms with Crippen LogP contribution in [0.5, 0.6) is 0 Å². The molecule has 1 atom stereocenters. The van der Waals surface area contributed by atoms with Gasteiger partial charge in [0.15, 0.2) is 0 Å². The molecule has 6 nitrogen and oxygen atoms in total. The number of nitrogens with zero attached hydrogens (tertiary/aromatic N) is 1. The van der Waals surface area contributed by atoms with Gasteiger partial charge in [-0.25, -0.2) is 13.6 Å². The van der Waals surface area contributed by atoms with Crippen LogP contribution in [-0.2, 0) is 14.8 Å². The largest absolute Gasteiger partial charge is 0.379 e. The Morgan fingerprint density at radius 3 is 2.75 bits per heavy atom. The number of sulfonamides is 1. The van der Waals surface area contributed by atoms with Gasteiger partial charge < -0.3 is 9.64 Å².